The quantitative estimate of drug-likeness (QED) is 0.883. The van der Waals surface area contributed by atoms with E-state index in [4.69, 9.17) is 4.74 Å². The van der Waals surface area contributed by atoms with Crippen molar-refractivity contribution in [2.24, 2.45) is 14.1 Å². The van der Waals surface area contributed by atoms with Gasteiger partial charge >= 0.3 is 5.69 Å². The third kappa shape index (κ3) is 3.11. The summed E-state index contributed by atoms with van der Waals surface area (Å²) in [6.45, 7) is 8.73. The fourth-order valence-electron chi connectivity index (χ4n) is 3.06. The van der Waals surface area contributed by atoms with Gasteiger partial charge in [-0.1, -0.05) is 0 Å². The highest BCUT2D eigenvalue weighted by atomic mass is 16.5. The van der Waals surface area contributed by atoms with Crippen LogP contribution in [-0.2, 0) is 25.4 Å². The third-order valence-corrected chi connectivity index (χ3v) is 4.23. The molecule has 1 N–H and O–H groups in total. The second-order valence-electron chi connectivity index (χ2n) is 6.98. The van der Waals surface area contributed by atoms with Crippen LogP contribution >= 0.6 is 0 Å². The van der Waals surface area contributed by atoms with E-state index >= 15 is 0 Å². The van der Waals surface area contributed by atoms with Gasteiger partial charge in [-0.2, -0.15) is 0 Å². The third-order valence-electron chi connectivity index (χ3n) is 4.23. The molecule has 0 amide bonds. The average Bonchev–Trinajstić information content (AvgIpc) is 2.57. The molecule has 0 saturated carbocycles. The maximum absolute atomic E-state index is 11.9. The van der Waals surface area contributed by atoms with Crippen LogP contribution in [0.25, 0.3) is 0 Å². The molecule has 6 nitrogen and oxygen atoms in total. The molecule has 1 aliphatic rings. The van der Waals surface area contributed by atoms with Gasteiger partial charge in [-0.15, -0.1) is 0 Å². The molecule has 1 aromatic heterocycles. The van der Waals surface area contributed by atoms with E-state index in [1.54, 1.807) is 7.05 Å². The molecule has 0 bridgehead atoms. The molecular weight excluding hydrogens is 270 g/mol. The summed E-state index contributed by atoms with van der Waals surface area (Å²) in [5.41, 5.74) is -0.343. The van der Waals surface area contributed by atoms with Gasteiger partial charge in [-0.25, -0.2) is 4.79 Å². The maximum Gasteiger partial charge on any atom is 0.330 e. The van der Waals surface area contributed by atoms with E-state index in [2.05, 4.69) is 33.0 Å². The predicted octanol–water partition coefficient (Wildman–Crippen LogP) is 0.520. The lowest BCUT2D eigenvalue weighted by Crippen LogP contribution is -2.45. The monoisotopic (exact) mass is 295 g/mol. The maximum atomic E-state index is 11.9. The summed E-state index contributed by atoms with van der Waals surface area (Å²) in [5.74, 6) is 0. The van der Waals surface area contributed by atoms with Crippen LogP contribution in [0.1, 0.15) is 39.8 Å². The molecule has 1 fully saturated rings. The number of nitrogens with zero attached hydrogens (tertiary/aromatic N) is 2. The zero-order chi connectivity index (χ0) is 16.0. The van der Waals surface area contributed by atoms with Crippen LogP contribution in [0.4, 0.5) is 0 Å². The van der Waals surface area contributed by atoms with E-state index in [0.717, 1.165) is 11.0 Å². The van der Waals surface area contributed by atoms with Crippen LogP contribution in [0, 0.1) is 0 Å². The van der Waals surface area contributed by atoms with E-state index in [1.807, 2.05) is 0 Å². The lowest BCUT2D eigenvalue weighted by molar-refractivity contribution is -0.0699. The van der Waals surface area contributed by atoms with Gasteiger partial charge in [0.05, 0.1) is 11.2 Å². The van der Waals surface area contributed by atoms with Crippen molar-refractivity contribution in [3.63, 3.8) is 0 Å². The number of nitrogens with one attached hydrogen (secondary N) is 1. The van der Waals surface area contributed by atoms with Crippen LogP contribution in [0.2, 0.25) is 0 Å². The highest BCUT2D eigenvalue weighted by Crippen LogP contribution is 2.37. The smallest absolute Gasteiger partial charge is 0.330 e. The minimum atomic E-state index is -0.304. The van der Waals surface area contributed by atoms with Gasteiger partial charge in [-0.05, 0) is 34.1 Å². The molecule has 21 heavy (non-hydrogen) atoms. The highest BCUT2D eigenvalue weighted by molar-refractivity contribution is 5.05. The first-order valence-electron chi connectivity index (χ1n) is 7.23. The molecule has 0 spiro atoms. The zero-order valence-corrected chi connectivity index (χ0v) is 13.7. The fourth-order valence-corrected chi connectivity index (χ4v) is 3.06. The molecule has 2 heterocycles. The number of hydrogen-bond acceptors (Lipinski definition) is 4. The van der Waals surface area contributed by atoms with Gasteiger partial charge in [0.2, 0.25) is 0 Å². The van der Waals surface area contributed by atoms with Crippen LogP contribution in [0.3, 0.4) is 0 Å². The molecular formula is C15H25N3O3. The Balaban J connectivity index is 2.18. The first kappa shape index (κ1) is 16.0. The van der Waals surface area contributed by atoms with Crippen molar-refractivity contribution in [1.82, 2.24) is 14.5 Å². The molecule has 1 aliphatic heterocycles. The first-order valence-corrected chi connectivity index (χ1v) is 7.23. The molecule has 1 saturated heterocycles. The minimum Gasteiger partial charge on any atom is -0.368 e. The molecule has 1 atom stereocenters. The van der Waals surface area contributed by atoms with E-state index in [1.165, 1.54) is 17.7 Å². The van der Waals surface area contributed by atoms with Gasteiger partial charge < -0.3 is 10.1 Å². The minimum absolute atomic E-state index is 0.167. The van der Waals surface area contributed by atoms with E-state index in [0.29, 0.717) is 12.2 Å². The molecule has 1 unspecified atom stereocenters. The van der Waals surface area contributed by atoms with Crippen molar-refractivity contribution in [2.45, 2.75) is 57.9 Å². The first-order chi connectivity index (χ1) is 9.53. The Morgan fingerprint density at radius 2 is 1.86 bits per heavy atom. The molecule has 2 rings (SSSR count). The summed E-state index contributed by atoms with van der Waals surface area (Å²) in [6, 6.07) is 1.68. The van der Waals surface area contributed by atoms with Crippen molar-refractivity contribution in [1.29, 1.82) is 0 Å². The van der Waals surface area contributed by atoms with Gasteiger partial charge in [0.25, 0.3) is 5.56 Å². The Morgan fingerprint density at radius 3 is 2.38 bits per heavy atom. The van der Waals surface area contributed by atoms with Crippen molar-refractivity contribution in [2.75, 3.05) is 0 Å². The Labute approximate surface area is 124 Å². The second-order valence-corrected chi connectivity index (χ2v) is 6.98. The molecule has 0 radical (unpaired) electrons. The average molecular weight is 295 g/mol. The highest BCUT2D eigenvalue weighted by Gasteiger charge is 2.45. The molecule has 0 aromatic carbocycles. The molecule has 0 aliphatic carbocycles. The summed E-state index contributed by atoms with van der Waals surface area (Å²) < 4.78 is 8.65. The van der Waals surface area contributed by atoms with Crippen molar-refractivity contribution < 1.29 is 4.74 Å². The SMILES string of the molecule is Cn1c(CNC2CC(C)(C)OC2(C)C)cc(=O)n(C)c1=O. The number of hydrogen-bond donors (Lipinski definition) is 1. The topological polar surface area (TPSA) is 65.3 Å². The van der Waals surface area contributed by atoms with Gasteiger partial charge in [0, 0.05) is 38.4 Å². The van der Waals surface area contributed by atoms with Crippen molar-refractivity contribution in [3.05, 3.63) is 32.6 Å². The summed E-state index contributed by atoms with van der Waals surface area (Å²) in [5, 5.41) is 3.43. The molecule has 118 valence electrons. The number of ether oxygens (including phenoxy) is 1. The fraction of sp³-hybridized carbons (Fsp3) is 0.733. The summed E-state index contributed by atoms with van der Waals surface area (Å²) >= 11 is 0. The van der Waals surface area contributed by atoms with Gasteiger partial charge in [-0.3, -0.25) is 13.9 Å². The van der Waals surface area contributed by atoms with E-state index in [-0.39, 0.29) is 28.5 Å². The van der Waals surface area contributed by atoms with Crippen LogP contribution in [0.5, 0.6) is 0 Å². The van der Waals surface area contributed by atoms with Crippen molar-refractivity contribution >= 4 is 0 Å². The van der Waals surface area contributed by atoms with Gasteiger partial charge in [0.15, 0.2) is 0 Å². The summed E-state index contributed by atoms with van der Waals surface area (Å²) in [7, 11) is 3.16. The standard InChI is InChI=1S/C15H25N3O3/c1-14(2)8-11(15(3,4)21-14)16-9-10-7-12(19)18(6)13(20)17(10)5/h7,11,16H,8-9H2,1-6H3. The summed E-state index contributed by atoms with van der Waals surface area (Å²) in [4.78, 5) is 23.6. The lowest BCUT2D eigenvalue weighted by atomic mass is 9.94. The normalized spacial score (nSPS) is 23.4. The largest absolute Gasteiger partial charge is 0.368 e. The Hall–Kier alpha value is -1.40. The van der Waals surface area contributed by atoms with E-state index in [9.17, 15) is 9.59 Å². The molecule has 6 heteroatoms. The second kappa shape index (κ2) is 5.10. The van der Waals surface area contributed by atoms with Gasteiger partial charge in [0.1, 0.15) is 0 Å². The van der Waals surface area contributed by atoms with E-state index < -0.39 is 0 Å². The zero-order valence-electron chi connectivity index (χ0n) is 13.7. The van der Waals surface area contributed by atoms with Crippen LogP contribution < -0.4 is 16.6 Å². The Kier molecular flexibility index (Phi) is 3.88. The Morgan fingerprint density at radius 1 is 1.24 bits per heavy atom. The van der Waals surface area contributed by atoms with Crippen molar-refractivity contribution in [3.8, 4) is 0 Å². The molecule has 1 aromatic rings. The lowest BCUT2D eigenvalue weighted by Gasteiger charge is -2.28. The number of rotatable bonds is 3. The van der Waals surface area contributed by atoms with Crippen LogP contribution in [0.15, 0.2) is 15.7 Å². The predicted molar refractivity (Wildman–Crippen MR) is 81.4 cm³/mol. The Bertz CT molecular complexity index is 655. The van der Waals surface area contributed by atoms with Crippen LogP contribution in [-0.4, -0.2) is 26.4 Å². The summed E-state index contributed by atoms with van der Waals surface area (Å²) in [6.07, 6.45) is 0.888. The number of aromatic nitrogens is 2.